The molecule has 118 valence electrons. The predicted octanol–water partition coefficient (Wildman–Crippen LogP) is 4.55. The molecule has 1 fully saturated rings. The third-order valence-electron chi connectivity index (χ3n) is 3.36. The van der Waals surface area contributed by atoms with Crippen molar-refractivity contribution in [2.24, 2.45) is 0 Å². The Kier molecular flexibility index (Phi) is 5.81. The van der Waals surface area contributed by atoms with Gasteiger partial charge in [-0.2, -0.15) is 0 Å². The smallest absolute Gasteiger partial charge is 0.247 e. The lowest BCUT2D eigenvalue weighted by atomic mass is 9.99. The van der Waals surface area contributed by atoms with Gasteiger partial charge in [-0.15, -0.1) is 11.8 Å². The molecule has 0 radical (unpaired) electrons. The monoisotopic (exact) mass is 319 g/mol. The van der Waals surface area contributed by atoms with Gasteiger partial charge in [0.15, 0.2) is 0 Å². The Bertz CT molecular complexity index is 462. The molecule has 6 heteroatoms. The van der Waals surface area contributed by atoms with E-state index >= 15 is 0 Å². The van der Waals surface area contributed by atoms with Crippen LogP contribution in [0.25, 0.3) is 0 Å². The van der Waals surface area contributed by atoms with Crippen LogP contribution in [0.5, 0.6) is 0 Å². The van der Waals surface area contributed by atoms with Crippen molar-refractivity contribution in [2.45, 2.75) is 56.3 Å². The minimum Gasteiger partial charge on any atom is -0.381 e. The number of hydrogen-bond acceptors (Lipinski definition) is 3. The van der Waals surface area contributed by atoms with Crippen molar-refractivity contribution >= 4 is 17.4 Å². The van der Waals surface area contributed by atoms with Crippen LogP contribution in [0.3, 0.4) is 0 Å². The van der Waals surface area contributed by atoms with Crippen LogP contribution >= 0.6 is 11.8 Å². The Morgan fingerprint density at radius 1 is 1.29 bits per heavy atom. The third kappa shape index (κ3) is 5.11. The second-order valence-corrected chi connectivity index (χ2v) is 6.47. The normalized spacial score (nSPS) is 26.1. The highest BCUT2D eigenvalue weighted by Crippen LogP contribution is 2.31. The van der Waals surface area contributed by atoms with Gasteiger partial charge in [-0.05, 0) is 44.9 Å². The summed E-state index contributed by atoms with van der Waals surface area (Å²) in [5, 5.41) is 3.29. The first-order valence-electron chi connectivity index (χ1n) is 7.06. The molecule has 1 aromatic carbocycles. The molecule has 1 saturated heterocycles. The average molecular weight is 319 g/mol. The van der Waals surface area contributed by atoms with E-state index in [0.29, 0.717) is 10.6 Å². The summed E-state index contributed by atoms with van der Waals surface area (Å²) in [6, 6.07) is 4.39. The summed E-state index contributed by atoms with van der Waals surface area (Å²) in [5.41, 5.74) is 0.590. The maximum atomic E-state index is 13.4. The SMILES string of the molecule is C[C@H]1CC(Nc2cc(F)ccc2SCC(F)F)C[C@H](C)O1. The standard InChI is InChI=1S/C15H20F3NOS/c1-9-5-12(6-10(2)20-9)19-13-7-11(16)3-4-14(13)21-8-15(17)18/h3-4,7,9-10,12,15,19H,5-6,8H2,1-2H3/t9-,10-/m0/s1. The topological polar surface area (TPSA) is 21.3 Å². The number of anilines is 1. The number of ether oxygens (including phenoxy) is 1. The van der Waals surface area contributed by atoms with Crippen LogP contribution in [-0.4, -0.2) is 30.4 Å². The fraction of sp³-hybridized carbons (Fsp3) is 0.600. The van der Waals surface area contributed by atoms with Crippen molar-refractivity contribution in [3.8, 4) is 0 Å². The van der Waals surface area contributed by atoms with Crippen LogP contribution in [0.15, 0.2) is 23.1 Å². The molecule has 2 atom stereocenters. The predicted molar refractivity (Wildman–Crippen MR) is 79.8 cm³/mol. The van der Waals surface area contributed by atoms with Gasteiger partial charge in [-0.1, -0.05) is 0 Å². The zero-order valence-electron chi connectivity index (χ0n) is 12.1. The molecule has 0 aliphatic carbocycles. The van der Waals surface area contributed by atoms with E-state index in [1.165, 1.54) is 12.1 Å². The number of benzene rings is 1. The van der Waals surface area contributed by atoms with Crippen LogP contribution in [0.1, 0.15) is 26.7 Å². The average Bonchev–Trinajstić information content (AvgIpc) is 2.36. The second-order valence-electron chi connectivity index (χ2n) is 5.41. The minimum absolute atomic E-state index is 0.136. The number of thioether (sulfide) groups is 1. The first kappa shape index (κ1) is 16.5. The van der Waals surface area contributed by atoms with E-state index in [1.807, 2.05) is 13.8 Å². The van der Waals surface area contributed by atoms with Crippen molar-refractivity contribution in [1.82, 2.24) is 0 Å². The van der Waals surface area contributed by atoms with Crippen molar-refractivity contribution in [3.05, 3.63) is 24.0 Å². The summed E-state index contributed by atoms with van der Waals surface area (Å²) in [5.74, 6) is -0.659. The number of nitrogens with one attached hydrogen (secondary N) is 1. The molecule has 2 rings (SSSR count). The molecule has 0 unspecified atom stereocenters. The molecule has 1 aromatic rings. The van der Waals surface area contributed by atoms with Gasteiger partial charge in [-0.3, -0.25) is 0 Å². The Morgan fingerprint density at radius 2 is 1.95 bits per heavy atom. The van der Waals surface area contributed by atoms with Crippen molar-refractivity contribution in [3.63, 3.8) is 0 Å². The maximum Gasteiger partial charge on any atom is 0.247 e. The van der Waals surface area contributed by atoms with Crippen LogP contribution in [0.4, 0.5) is 18.9 Å². The Morgan fingerprint density at radius 3 is 2.57 bits per heavy atom. The van der Waals surface area contributed by atoms with Gasteiger partial charge < -0.3 is 10.1 Å². The van der Waals surface area contributed by atoms with E-state index in [4.69, 9.17) is 4.74 Å². The van der Waals surface area contributed by atoms with Gasteiger partial charge in [0.05, 0.1) is 23.6 Å². The second kappa shape index (κ2) is 7.40. The Labute approximate surface area is 127 Å². The van der Waals surface area contributed by atoms with Gasteiger partial charge >= 0.3 is 0 Å². The number of alkyl halides is 2. The number of hydrogen-bond donors (Lipinski definition) is 1. The van der Waals surface area contributed by atoms with E-state index in [9.17, 15) is 13.2 Å². The molecule has 0 aromatic heterocycles. The van der Waals surface area contributed by atoms with Gasteiger partial charge in [-0.25, -0.2) is 13.2 Å². The summed E-state index contributed by atoms with van der Waals surface area (Å²) in [6.07, 6.45) is -0.468. The molecule has 0 bridgehead atoms. The fourth-order valence-electron chi connectivity index (χ4n) is 2.64. The van der Waals surface area contributed by atoms with E-state index < -0.39 is 6.43 Å². The summed E-state index contributed by atoms with van der Waals surface area (Å²) >= 11 is 1.04. The fourth-order valence-corrected chi connectivity index (χ4v) is 3.38. The lowest BCUT2D eigenvalue weighted by Gasteiger charge is -2.33. The molecule has 0 spiro atoms. The van der Waals surface area contributed by atoms with Crippen LogP contribution in [0.2, 0.25) is 0 Å². The minimum atomic E-state index is -2.38. The van der Waals surface area contributed by atoms with Crippen molar-refractivity contribution < 1.29 is 17.9 Å². The summed E-state index contributed by atoms with van der Waals surface area (Å²) in [7, 11) is 0. The molecule has 2 nitrogen and oxygen atoms in total. The first-order valence-corrected chi connectivity index (χ1v) is 8.05. The van der Waals surface area contributed by atoms with E-state index in [1.54, 1.807) is 6.07 Å². The zero-order chi connectivity index (χ0) is 15.4. The maximum absolute atomic E-state index is 13.4. The molecule has 1 heterocycles. The van der Waals surface area contributed by atoms with Gasteiger partial charge in [0, 0.05) is 10.9 Å². The molecular weight excluding hydrogens is 299 g/mol. The lowest BCUT2D eigenvalue weighted by molar-refractivity contribution is -0.0338. The van der Waals surface area contributed by atoms with Crippen LogP contribution in [0, 0.1) is 5.82 Å². The van der Waals surface area contributed by atoms with E-state index in [0.717, 1.165) is 24.6 Å². The molecule has 1 aliphatic rings. The van der Waals surface area contributed by atoms with Crippen LogP contribution < -0.4 is 5.32 Å². The van der Waals surface area contributed by atoms with Gasteiger partial charge in [0.2, 0.25) is 6.43 Å². The Balaban J connectivity index is 2.08. The number of halogens is 3. The first-order chi connectivity index (χ1) is 9.94. The largest absolute Gasteiger partial charge is 0.381 e. The molecular formula is C15H20F3NOS. The third-order valence-corrected chi connectivity index (χ3v) is 4.45. The lowest BCUT2D eigenvalue weighted by Crippen LogP contribution is -2.37. The molecule has 0 amide bonds. The highest BCUT2D eigenvalue weighted by molar-refractivity contribution is 7.99. The van der Waals surface area contributed by atoms with E-state index in [2.05, 4.69) is 5.32 Å². The van der Waals surface area contributed by atoms with Crippen molar-refractivity contribution in [2.75, 3.05) is 11.1 Å². The van der Waals surface area contributed by atoms with Crippen LogP contribution in [-0.2, 0) is 4.74 Å². The molecule has 21 heavy (non-hydrogen) atoms. The molecule has 1 N–H and O–H groups in total. The van der Waals surface area contributed by atoms with Gasteiger partial charge in [0.1, 0.15) is 5.82 Å². The quantitative estimate of drug-likeness (QED) is 0.805. The Hall–Kier alpha value is -0.880. The van der Waals surface area contributed by atoms with E-state index in [-0.39, 0.29) is 29.8 Å². The molecule has 0 saturated carbocycles. The van der Waals surface area contributed by atoms with Gasteiger partial charge in [0.25, 0.3) is 0 Å². The summed E-state index contributed by atoms with van der Waals surface area (Å²) in [6.45, 7) is 4.00. The summed E-state index contributed by atoms with van der Waals surface area (Å²) in [4.78, 5) is 0.656. The molecule has 1 aliphatic heterocycles. The highest BCUT2D eigenvalue weighted by atomic mass is 32.2. The number of rotatable bonds is 5. The zero-order valence-corrected chi connectivity index (χ0v) is 12.9. The highest BCUT2D eigenvalue weighted by Gasteiger charge is 2.25. The summed E-state index contributed by atoms with van der Waals surface area (Å²) < 4.78 is 43.8. The van der Waals surface area contributed by atoms with Crippen molar-refractivity contribution in [1.29, 1.82) is 0 Å².